The van der Waals surface area contributed by atoms with Gasteiger partial charge in [0.2, 0.25) is 0 Å². The third-order valence-electron chi connectivity index (χ3n) is 2.80. The molecule has 0 radical (unpaired) electrons. The minimum Gasteiger partial charge on any atom is -0.495 e. The van der Waals surface area contributed by atoms with E-state index >= 15 is 0 Å². The molecule has 8 heteroatoms. The maximum absolute atomic E-state index is 11.2. The van der Waals surface area contributed by atoms with Crippen LogP contribution in [-0.4, -0.2) is 12.0 Å². The van der Waals surface area contributed by atoms with Gasteiger partial charge < -0.3 is 15.5 Å². The number of anilines is 3. The van der Waals surface area contributed by atoms with Crippen LogP contribution in [0.15, 0.2) is 40.9 Å². The van der Waals surface area contributed by atoms with E-state index in [0.717, 1.165) is 4.47 Å². The predicted molar refractivity (Wildman–Crippen MR) is 84.9 cm³/mol. The Morgan fingerprint density at radius 1 is 1.24 bits per heavy atom. The van der Waals surface area contributed by atoms with E-state index in [1.54, 1.807) is 24.3 Å². The lowest BCUT2D eigenvalue weighted by Crippen LogP contribution is -2.10. The number of benzene rings is 2. The zero-order valence-electron chi connectivity index (χ0n) is 11.1. The van der Waals surface area contributed by atoms with Crippen molar-refractivity contribution in [2.45, 2.75) is 0 Å². The first kappa shape index (κ1) is 15.1. The second kappa shape index (κ2) is 6.42. The minimum absolute atomic E-state index is 0.137. The predicted octanol–water partition coefficient (Wildman–Crippen LogP) is 3.40. The van der Waals surface area contributed by atoms with E-state index in [1.165, 1.54) is 13.2 Å². The smallest absolute Gasteiger partial charge is 0.316 e. The van der Waals surface area contributed by atoms with Gasteiger partial charge in [-0.2, -0.15) is 0 Å². The molecule has 0 aliphatic carbocycles. The molecule has 0 atom stereocenters. The van der Waals surface area contributed by atoms with Crippen LogP contribution in [0.4, 0.5) is 22.7 Å². The summed E-state index contributed by atoms with van der Waals surface area (Å²) in [5.74, 6) is 5.88. The Morgan fingerprint density at radius 2 is 1.95 bits per heavy atom. The van der Waals surface area contributed by atoms with Crippen molar-refractivity contribution in [3.63, 3.8) is 0 Å². The highest BCUT2D eigenvalue weighted by Gasteiger charge is 2.20. The molecule has 0 saturated heterocycles. The fraction of sp³-hybridized carbons (Fsp3) is 0.0769. The summed E-state index contributed by atoms with van der Waals surface area (Å²) >= 11 is 3.35. The molecule has 0 heterocycles. The molecule has 0 unspecified atom stereocenters. The average molecular weight is 353 g/mol. The van der Waals surface area contributed by atoms with Crippen LogP contribution in [0.25, 0.3) is 0 Å². The van der Waals surface area contributed by atoms with Gasteiger partial charge in [0.05, 0.1) is 17.7 Å². The van der Waals surface area contributed by atoms with Crippen LogP contribution in [0, 0.1) is 10.1 Å². The number of ether oxygens (including phenoxy) is 1. The number of hydrazine groups is 1. The van der Waals surface area contributed by atoms with E-state index in [0.29, 0.717) is 17.1 Å². The summed E-state index contributed by atoms with van der Waals surface area (Å²) in [5.41, 5.74) is 3.32. The van der Waals surface area contributed by atoms with Crippen LogP contribution in [-0.2, 0) is 0 Å². The van der Waals surface area contributed by atoms with Crippen LogP contribution in [0.1, 0.15) is 0 Å². The number of nitrogen functional groups attached to an aromatic ring is 1. The number of methoxy groups -OCH3 is 1. The van der Waals surface area contributed by atoms with Crippen molar-refractivity contribution in [3.05, 3.63) is 51.0 Å². The molecule has 21 heavy (non-hydrogen) atoms. The molecule has 110 valence electrons. The molecule has 2 aromatic carbocycles. The number of nitrogens with zero attached hydrogens (tertiary/aromatic N) is 1. The molecule has 0 spiro atoms. The molecule has 0 aliphatic heterocycles. The van der Waals surface area contributed by atoms with Crippen molar-refractivity contribution < 1.29 is 9.66 Å². The van der Waals surface area contributed by atoms with Crippen molar-refractivity contribution in [2.75, 3.05) is 17.9 Å². The van der Waals surface area contributed by atoms with Gasteiger partial charge in [0.1, 0.15) is 17.1 Å². The number of nitro benzene ring substituents is 1. The fourth-order valence-electron chi connectivity index (χ4n) is 1.88. The molecule has 4 N–H and O–H groups in total. The molecule has 0 fully saturated rings. The largest absolute Gasteiger partial charge is 0.495 e. The SMILES string of the molecule is COc1ccc(Br)cc1Nc1cccc(NN)c1[N+](=O)[O-]. The molecule has 0 aromatic heterocycles. The number of hydrogen-bond acceptors (Lipinski definition) is 6. The van der Waals surface area contributed by atoms with Gasteiger partial charge in [-0.05, 0) is 30.3 Å². The summed E-state index contributed by atoms with van der Waals surface area (Å²) in [6, 6.07) is 10.1. The van der Waals surface area contributed by atoms with Gasteiger partial charge in [-0.1, -0.05) is 22.0 Å². The van der Waals surface area contributed by atoms with Crippen molar-refractivity contribution in [3.8, 4) is 5.75 Å². The third-order valence-corrected chi connectivity index (χ3v) is 3.30. The number of halogens is 1. The number of para-hydroxylation sites is 1. The summed E-state index contributed by atoms with van der Waals surface area (Å²) in [4.78, 5) is 10.7. The van der Waals surface area contributed by atoms with E-state index in [2.05, 4.69) is 26.7 Å². The maximum Gasteiger partial charge on any atom is 0.316 e. The first-order chi connectivity index (χ1) is 10.1. The third kappa shape index (κ3) is 3.23. The fourth-order valence-corrected chi connectivity index (χ4v) is 2.24. The summed E-state index contributed by atoms with van der Waals surface area (Å²) in [6.07, 6.45) is 0. The highest BCUT2D eigenvalue weighted by atomic mass is 79.9. The number of nitro groups is 1. The molecule has 2 aromatic rings. The Kier molecular flexibility index (Phi) is 4.61. The summed E-state index contributed by atoms with van der Waals surface area (Å²) in [7, 11) is 1.53. The summed E-state index contributed by atoms with van der Waals surface area (Å²) in [5, 5.41) is 14.2. The maximum atomic E-state index is 11.2. The van der Waals surface area contributed by atoms with Gasteiger partial charge >= 0.3 is 5.69 Å². The van der Waals surface area contributed by atoms with Crippen molar-refractivity contribution >= 4 is 38.7 Å². The Morgan fingerprint density at radius 3 is 2.57 bits per heavy atom. The number of nitrogens with two attached hydrogens (primary N) is 1. The van der Waals surface area contributed by atoms with Gasteiger partial charge in [-0.15, -0.1) is 0 Å². The lowest BCUT2D eigenvalue weighted by Gasteiger charge is -2.13. The zero-order chi connectivity index (χ0) is 15.4. The van der Waals surface area contributed by atoms with Crippen molar-refractivity contribution in [2.24, 2.45) is 5.84 Å². The number of rotatable bonds is 5. The van der Waals surface area contributed by atoms with Crippen LogP contribution in [0.3, 0.4) is 0 Å². The van der Waals surface area contributed by atoms with Crippen molar-refractivity contribution in [1.82, 2.24) is 0 Å². The van der Waals surface area contributed by atoms with Gasteiger partial charge in [-0.3, -0.25) is 16.0 Å². The van der Waals surface area contributed by atoms with Gasteiger partial charge in [0, 0.05) is 4.47 Å². The Hall–Kier alpha value is -2.32. The quantitative estimate of drug-likeness (QED) is 0.433. The first-order valence-corrected chi connectivity index (χ1v) is 6.70. The first-order valence-electron chi connectivity index (χ1n) is 5.91. The second-order valence-electron chi connectivity index (χ2n) is 4.07. The standard InChI is InChI=1S/C13H13BrN4O3/c1-21-12-6-5-8(14)7-11(12)16-9-3-2-4-10(17-15)13(9)18(19)20/h2-7,16-17H,15H2,1H3. The monoisotopic (exact) mass is 352 g/mol. The molecule has 7 nitrogen and oxygen atoms in total. The van der Waals surface area contributed by atoms with Crippen LogP contribution in [0.2, 0.25) is 0 Å². The molecular weight excluding hydrogens is 340 g/mol. The Balaban J connectivity index is 2.49. The lowest BCUT2D eigenvalue weighted by molar-refractivity contribution is -0.383. The van der Waals surface area contributed by atoms with Crippen molar-refractivity contribution in [1.29, 1.82) is 0 Å². The van der Waals surface area contributed by atoms with Crippen LogP contribution < -0.4 is 21.3 Å². The molecule has 2 rings (SSSR count). The van der Waals surface area contributed by atoms with Gasteiger partial charge in [-0.25, -0.2) is 0 Å². The molecule has 0 bridgehead atoms. The Labute approximate surface area is 129 Å². The lowest BCUT2D eigenvalue weighted by atomic mass is 10.2. The van der Waals surface area contributed by atoms with Crippen LogP contribution in [0.5, 0.6) is 5.75 Å². The van der Waals surface area contributed by atoms with E-state index < -0.39 is 4.92 Å². The minimum atomic E-state index is -0.498. The number of nitrogens with one attached hydrogen (secondary N) is 2. The molecule has 0 saturated carbocycles. The zero-order valence-corrected chi connectivity index (χ0v) is 12.7. The number of hydrogen-bond donors (Lipinski definition) is 3. The highest BCUT2D eigenvalue weighted by molar-refractivity contribution is 9.10. The summed E-state index contributed by atoms with van der Waals surface area (Å²) < 4.78 is 6.06. The van der Waals surface area contributed by atoms with E-state index in [4.69, 9.17) is 10.6 Å². The Bertz CT molecular complexity index is 678. The summed E-state index contributed by atoms with van der Waals surface area (Å²) in [6.45, 7) is 0. The molecule has 0 amide bonds. The van der Waals surface area contributed by atoms with E-state index in [1.807, 2.05) is 6.07 Å². The molecular formula is C13H13BrN4O3. The molecule has 0 aliphatic rings. The topological polar surface area (TPSA) is 102 Å². The highest BCUT2D eigenvalue weighted by Crippen LogP contribution is 2.37. The van der Waals surface area contributed by atoms with E-state index in [-0.39, 0.29) is 11.4 Å². The normalized spacial score (nSPS) is 10.0. The van der Waals surface area contributed by atoms with Gasteiger partial charge in [0.15, 0.2) is 0 Å². The van der Waals surface area contributed by atoms with Gasteiger partial charge in [0.25, 0.3) is 0 Å². The second-order valence-corrected chi connectivity index (χ2v) is 4.99. The average Bonchev–Trinajstić information content (AvgIpc) is 2.47. The van der Waals surface area contributed by atoms with E-state index in [9.17, 15) is 10.1 Å². The van der Waals surface area contributed by atoms with Crippen LogP contribution >= 0.6 is 15.9 Å².